The van der Waals surface area contributed by atoms with Crippen molar-refractivity contribution in [2.75, 3.05) is 0 Å². The molecule has 0 aromatic heterocycles. The topological polar surface area (TPSA) is 63.6 Å². The fraction of sp³-hybridized carbons (Fsp3) is 0.400. The summed E-state index contributed by atoms with van der Waals surface area (Å²) < 4.78 is 5.60. The molecular formula is C20H24O4. The number of ether oxygens (including phenoxy) is 1. The molecule has 0 bridgehead atoms. The summed E-state index contributed by atoms with van der Waals surface area (Å²) in [5.41, 5.74) is 0.596. The lowest BCUT2D eigenvalue weighted by atomic mass is 10.0. The Morgan fingerprint density at radius 1 is 1.17 bits per heavy atom. The van der Waals surface area contributed by atoms with E-state index in [4.69, 9.17) is 4.74 Å². The third-order valence-corrected chi connectivity index (χ3v) is 3.95. The number of aromatic hydroxyl groups is 1. The fourth-order valence-electron chi connectivity index (χ4n) is 2.75. The molecule has 0 radical (unpaired) electrons. The number of phenolic OH excluding ortho intramolecular Hbond substituents is 1. The van der Waals surface area contributed by atoms with E-state index in [0.717, 1.165) is 25.7 Å². The van der Waals surface area contributed by atoms with E-state index in [1.54, 1.807) is 18.2 Å². The number of carbonyl (C=O) groups excluding carboxylic acids is 2. The number of phenols is 1. The second kappa shape index (κ2) is 9.06. The molecule has 0 saturated heterocycles. The number of benzene rings is 1. The molecule has 1 aromatic carbocycles. The molecular weight excluding hydrogens is 304 g/mol. The maximum absolute atomic E-state index is 12.6. The van der Waals surface area contributed by atoms with Crippen molar-refractivity contribution in [1.29, 1.82) is 0 Å². The van der Waals surface area contributed by atoms with Crippen LogP contribution in [0.1, 0.15) is 54.9 Å². The van der Waals surface area contributed by atoms with Crippen LogP contribution in [0.5, 0.6) is 5.75 Å². The number of hydrogen-bond acceptors (Lipinski definition) is 4. The lowest BCUT2D eigenvalue weighted by molar-refractivity contribution is -0.114. The van der Waals surface area contributed by atoms with Gasteiger partial charge in [0.2, 0.25) is 0 Å². The van der Waals surface area contributed by atoms with Gasteiger partial charge in [-0.2, -0.15) is 0 Å². The summed E-state index contributed by atoms with van der Waals surface area (Å²) in [6, 6.07) is 4.76. The van der Waals surface area contributed by atoms with E-state index in [2.05, 4.69) is 0 Å². The molecule has 1 aliphatic rings. The molecule has 1 atom stereocenters. The first-order valence-electron chi connectivity index (χ1n) is 8.48. The lowest BCUT2D eigenvalue weighted by Crippen LogP contribution is -2.19. The second-order valence-corrected chi connectivity index (χ2v) is 5.96. The quantitative estimate of drug-likeness (QED) is 0.655. The van der Waals surface area contributed by atoms with E-state index >= 15 is 0 Å². The van der Waals surface area contributed by atoms with Crippen LogP contribution >= 0.6 is 0 Å². The summed E-state index contributed by atoms with van der Waals surface area (Å²) in [6.07, 6.45) is 11.3. The first kappa shape index (κ1) is 18.0. The van der Waals surface area contributed by atoms with Crippen LogP contribution in [0, 0.1) is 0 Å². The van der Waals surface area contributed by atoms with E-state index in [0.29, 0.717) is 12.0 Å². The Morgan fingerprint density at radius 2 is 1.96 bits per heavy atom. The molecule has 1 heterocycles. The van der Waals surface area contributed by atoms with Gasteiger partial charge < -0.3 is 9.84 Å². The number of ketones is 1. The number of fused-ring (bicyclic) bond motifs is 1. The van der Waals surface area contributed by atoms with Crippen molar-refractivity contribution in [3.8, 4) is 5.75 Å². The molecule has 1 aromatic rings. The number of carbonyl (C=O) groups is 2. The first-order chi connectivity index (χ1) is 11.6. The highest BCUT2D eigenvalue weighted by Crippen LogP contribution is 2.24. The highest BCUT2D eigenvalue weighted by atomic mass is 16.5. The van der Waals surface area contributed by atoms with E-state index in [9.17, 15) is 14.7 Å². The highest BCUT2D eigenvalue weighted by Gasteiger charge is 2.22. The van der Waals surface area contributed by atoms with Crippen molar-refractivity contribution in [3.63, 3.8) is 0 Å². The molecule has 1 aliphatic heterocycles. The molecule has 4 heteroatoms. The van der Waals surface area contributed by atoms with Crippen LogP contribution in [-0.4, -0.2) is 23.0 Å². The third-order valence-electron chi connectivity index (χ3n) is 3.95. The predicted octanol–water partition coefficient (Wildman–Crippen LogP) is 4.13. The van der Waals surface area contributed by atoms with Crippen molar-refractivity contribution in [1.82, 2.24) is 0 Å². The van der Waals surface area contributed by atoms with Crippen molar-refractivity contribution in [2.24, 2.45) is 0 Å². The average Bonchev–Trinajstić information content (AvgIpc) is 2.53. The molecule has 128 valence electrons. The van der Waals surface area contributed by atoms with Crippen LogP contribution < -0.4 is 0 Å². The number of allylic oxidation sites excluding steroid dienone is 3. The molecule has 4 nitrogen and oxygen atoms in total. The van der Waals surface area contributed by atoms with Crippen molar-refractivity contribution in [3.05, 3.63) is 53.6 Å². The van der Waals surface area contributed by atoms with Gasteiger partial charge in [0.15, 0.2) is 5.78 Å². The van der Waals surface area contributed by atoms with Crippen LogP contribution in [0.3, 0.4) is 0 Å². The number of hydrogen-bond donors (Lipinski definition) is 1. The van der Waals surface area contributed by atoms with Crippen molar-refractivity contribution < 1.29 is 19.4 Å². The Bertz CT molecular complexity index is 643. The lowest BCUT2D eigenvalue weighted by Gasteiger charge is -2.17. The van der Waals surface area contributed by atoms with Gasteiger partial charge in [-0.15, -0.1) is 0 Å². The average molecular weight is 328 g/mol. The minimum atomic E-state index is -0.566. The van der Waals surface area contributed by atoms with Crippen molar-refractivity contribution >= 4 is 11.8 Å². The normalized spacial score (nSPS) is 22.1. The van der Waals surface area contributed by atoms with Crippen LogP contribution in [0.15, 0.2) is 42.5 Å². The molecule has 0 saturated carbocycles. The molecule has 0 spiro atoms. The zero-order valence-electron chi connectivity index (χ0n) is 14.0. The van der Waals surface area contributed by atoms with E-state index in [-0.39, 0.29) is 29.6 Å². The van der Waals surface area contributed by atoms with Crippen LogP contribution in [-0.2, 0) is 16.0 Å². The standard InChI is InChI=1S/C20H24O4/c1-2-9-17-12-7-5-3-4-6-11-16(21)14-15-10-8-13-18(22)19(15)20(23)24-17/h5-8,10-11,13,17,22H,2-4,9,12,14H2,1H3/b7-5+,11-6+/t17-/m1/s1. The molecule has 2 rings (SSSR count). The summed E-state index contributed by atoms with van der Waals surface area (Å²) in [4.78, 5) is 24.6. The largest absolute Gasteiger partial charge is 0.507 e. The van der Waals surface area contributed by atoms with Gasteiger partial charge in [0, 0.05) is 12.8 Å². The Kier molecular flexibility index (Phi) is 6.79. The number of cyclic esters (lactones) is 1. The highest BCUT2D eigenvalue weighted by molar-refractivity contribution is 5.98. The molecule has 0 unspecified atom stereocenters. The van der Waals surface area contributed by atoms with Gasteiger partial charge in [-0.3, -0.25) is 4.79 Å². The fourth-order valence-corrected chi connectivity index (χ4v) is 2.75. The zero-order chi connectivity index (χ0) is 17.4. The Balaban J connectivity index is 2.34. The van der Waals surface area contributed by atoms with Gasteiger partial charge in [0.25, 0.3) is 0 Å². The van der Waals surface area contributed by atoms with Crippen LogP contribution in [0.25, 0.3) is 0 Å². The van der Waals surface area contributed by atoms with Gasteiger partial charge in [-0.25, -0.2) is 4.79 Å². The summed E-state index contributed by atoms with van der Waals surface area (Å²) in [5.74, 6) is -0.809. The monoisotopic (exact) mass is 328 g/mol. The Hall–Kier alpha value is -2.36. The van der Waals surface area contributed by atoms with E-state index in [1.807, 2.05) is 25.2 Å². The summed E-state index contributed by atoms with van der Waals surface area (Å²) in [7, 11) is 0. The number of rotatable bonds is 2. The SMILES string of the molecule is CCC[C@@H]1C/C=C/CC/C=C/C(=O)Cc2cccc(O)c2C(=O)O1. The van der Waals surface area contributed by atoms with Crippen LogP contribution in [0.4, 0.5) is 0 Å². The van der Waals surface area contributed by atoms with Gasteiger partial charge in [-0.1, -0.05) is 43.7 Å². The molecule has 1 N–H and O–H groups in total. The van der Waals surface area contributed by atoms with Crippen molar-refractivity contribution in [2.45, 2.75) is 51.6 Å². The zero-order valence-corrected chi connectivity index (χ0v) is 14.0. The predicted molar refractivity (Wildman–Crippen MR) is 93.1 cm³/mol. The minimum Gasteiger partial charge on any atom is -0.507 e. The van der Waals surface area contributed by atoms with E-state index in [1.165, 1.54) is 6.07 Å². The van der Waals surface area contributed by atoms with Gasteiger partial charge in [0.1, 0.15) is 17.4 Å². The molecule has 0 aliphatic carbocycles. The van der Waals surface area contributed by atoms with E-state index < -0.39 is 5.97 Å². The maximum atomic E-state index is 12.6. The van der Waals surface area contributed by atoms with Crippen LogP contribution in [0.2, 0.25) is 0 Å². The maximum Gasteiger partial charge on any atom is 0.342 e. The molecule has 24 heavy (non-hydrogen) atoms. The Labute approximate surface area is 142 Å². The number of esters is 1. The molecule has 0 fully saturated rings. The van der Waals surface area contributed by atoms with Gasteiger partial charge >= 0.3 is 5.97 Å². The smallest absolute Gasteiger partial charge is 0.342 e. The second-order valence-electron chi connectivity index (χ2n) is 5.96. The first-order valence-corrected chi connectivity index (χ1v) is 8.48. The van der Waals surface area contributed by atoms with Gasteiger partial charge in [0.05, 0.1) is 0 Å². The Morgan fingerprint density at radius 3 is 2.75 bits per heavy atom. The summed E-state index contributed by atoms with van der Waals surface area (Å²) in [5, 5.41) is 10.1. The summed E-state index contributed by atoms with van der Waals surface area (Å²) in [6.45, 7) is 2.04. The third kappa shape index (κ3) is 5.08. The van der Waals surface area contributed by atoms with Gasteiger partial charge in [-0.05, 0) is 37.0 Å². The summed E-state index contributed by atoms with van der Waals surface area (Å²) >= 11 is 0. The molecule has 0 amide bonds. The minimum absolute atomic E-state index is 0.0730.